The van der Waals surface area contributed by atoms with Crippen LogP contribution < -0.4 is 11.5 Å². The smallest absolute Gasteiger partial charge is 0.0500 e. The fraction of sp³-hybridized carbons (Fsp3) is 0.400. The largest absolute Gasteiger partial charge is 0.398 e. The minimum atomic E-state index is 0.151. The van der Waals surface area contributed by atoms with Crippen molar-refractivity contribution in [3.63, 3.8) is 0 Å². The van der Waals surface area contributed by atoms with Crippen molar-refractivity contribution in [2.75, 3.05) is 5.73 Å². The van der Waals surface area contributed by atoms with Gasteiger partial charge in [0.1, 0.15) is 0 Å². The Morgan fingerprint density at radius 2 is 2.15 bits per heavy atom. The van der Waals surface area contributed by atoms with Crippen LogP contribution in [0.1, 0.15) is 30.0 Å². The van der Waals surface area contributed by atoms with E-state index in [0.29, 0.717) is 0 Å². The van der Waals surface area contributed by atoms with Crippen LogP contribution in [-0.2, 0) is 6.42 Å². The maximum Gasteiger partial charge on any atom is 0.0500 e. The van der Waals surface area contributed by atoms with Crippen molar-refractivity contribution < 1.29 is 0 Å². The Balaban J connectivity index is 2.58. The summed E-state index contributed by atoms with van der Waals surface area (Å²) in [6.45, 7) is 0. The molecule has 1 aromatic carbocycles. The topological polar surface area (TPSA) is 52.0 Å². The molecule has 0 saturated carbocycles. The SMILES string of the molecule is Nc1c(I)ccc2c1[C@H](N)CCC2. The average Bonchev–Trinajstić information content (AvgIpc) is 2.12. The molecule has 0 fully saturated rings. The number of fused-ring (bicyclic) bond motifs is 1. The second kappa shape index (κ2) is 3.46. The lowest BCUT2D eigenvalue weighted by Crippen LogP contribution is -2.19. The monoisotopic (exact) mass is 288 g/mol. The second-order valence-corrected chi connectivity index (χ2v) is 4.69. The van der Waals surface area contributed by atoms with Gasteiger partial charge in [0, 0.05) is 9.61 Å². The maximum atomic E-state index is 6.03. The van der Waals surface area contributed by atoms with Crippen molar-refractivity contribution in [2.24, 2.45) is 5.73 Å². The molecular formula is C10H13IN2. The Morgan fingerprint density at radius 3 is 2.92 bits per heavy atom. The minimum absolute atomic E-state index is 0.151. The number of nitrogens with two attached hydrogens (primary N) is 2. The van der Waals surface area contributed by atoms with Crippen LogP contribution in [0.5, 0.6) is 0 Å². The number of halogens is 1. The van der Waals surface area contributed by atoms with Crippen LogP contribution in [0.4, 0.5) is 5.69 Å². The van der Waals surface area contributed by atoms with Gasteiger partial charge in [-0.3, -0.25) is 0 Å². The lowest BCUT2D eigenvalue weighted by Gasteiger charge is -2.24. The Kier molecular flexibility index (Phi) is 2.47. The van der Waals surface area contributed by atoms with E-state index in [0.717, 1.165) is 22.1 Å². The molecule has 0 saturated heterocycles. The molecule has 3 heteroatoms. The summed E-state index contributed by atoms with van der Waals surface area (Å²) in [5.41, 5.74) is 15.5. The highest BCUT2D eigenvalue weighted by Crippen LogP contribution is 2.34. The molecule has 0 radical (unpaired) electrons. The highest BCUT2D eigenvalue weighted by atomic mass is 127. The number of hydrogen-bond donors (Lipinski definition) is 2. The first-order valence-corrected chi connectivity index (χ1v) is 5.60. The van der Waals surface area contributed by atoms with Gasteiger partial charge in [-0.25, -0.2) is 0 Å². The van der Waals surface area contributed by atoms with Crippen molar-refractivity contribution in [3.05, 3.63) is 26.8 Å². The molecule has 4 N–H and O–H groups in total. The van der Waals surface area contributed by atoms with Crippen LogP contribution in [-0.4, -0.2) is 0 Å². The molecule has 1 atom stereocenters. The van der Waals surface area contributed by atoms with Gasteiger partial charge in [-0.05, 0) is 59.0 Å². The molecule has 0 aromatic heterocycles. The van der Waals surface area contributed by atoms with E-state index >= 15 is 0 Å². The maximum absolute atomic E-state index is 6.03. The molecule has 2 rings (SSSR count). The van der Waals surface area contributed by atoms with Crippen molar-refractivity contribution in [3.8, 4) is 0 Å². The Hall–Kier alpha value is -0.290. The van der Waals surface area contributed by atoms with E-state index in [-0.39, 0.29) is 6.04 Å². The summed E-state index contributed by atoms with van der Waals surface area (Å²) < 4.78 is 1.12. The normalized spacial score (nSPS) is 21.2. The van der Waals surface area contributed by atoms with E-state index in [4.69, 9.17) is 11.5 Å². The number of rotatable bonds is 0. The number of nitrogen functional groups attached to an aromatic ring is 1. The predicted octanol–water partition coefficient (Wildman–Crippen LogP) is 2.21. The summed E-state index contributed by atoms with van der Waals surface area (Å²) in [7, 11) is 0. The van der Waals surface area contributed by atoms with E-state index in [1.807, 2.05) is 0 Å². The zero-order valence-electron chi connectivity index (χ0n) is 7.39. The van der Waals surface area contributed by atoms with E-state index in [1.165, 1.54) is 17.5 Å². The molecular weight excluding hydrogens is 275 g/mol. The van der Waals surface area contributed by atoms with Gasteiger partial charge in [-0.2, -0.15) is 0 Å². The predicted molar refractivity (Wildman–Crippen MR) is 63.4 cm³/mol. The van der Waals surface area contributed by atoms with Crippen LogP contribution >= 0.6 is 22.6 Å². The first-order valence-electron chi connectivity index (χ1n) is 4.52. The highest BCUT2D eigenvalue weighted by Gasteiger charge is 2.20. The second-order valence-electron chi connectivity index (χ2n) is 3.53. The summed E-state index contributed by atoms with van der Waals surface area (Å²) in [5.74, 6) is 0. The van der Waals surface area contributed by atoms with E-state index in [1.54, 1.807) is 0 Å². The van der Waals surface area contributed by atoms with E-state index < -0.39 is 0 Å². The molecule has 0 aliphatic heterocycles. The first-order chi connectivity index (χ1) is 6.20. The van der Waals surface area contributed by atoms with Crippen LogP contribution in [0.3, 0.4) is 0 Å². The van der Waals surface area contributed by atoms with Gasteiger partial charge in [-0.15, -0.1) is 0 Å². The van der Waals surface area contributed by atoms with Crippen molar-refractivity contribution >= 4 is 28.3 Å². The van der Waals surface area contributed by atoms with Gasteiger partial charge < -0.3 is 11.5 Å². The van der Waals surface area contributed by atoms with Crippen molar-refractivity contribution in [1.29, 1.82) is 0 Å². The van der Waals surface area contributed by atoms with Gasteiger partial charge in [0.2, 0.25) is 0 Å². The zero-order valence-corrected chi connectivity index (χ0v) is 9.54. The molecule has 70 valence electrons. The summed E-state index contributed by atoms with van der Waals surface area (Å²) in [6, 6.07) is 4.39. The summed E-state index contributed by atoms with van der Waals surface area (Å²) in [6.07, 6.45) is 3.38. The van der Waals surface area contributed by atoms with E-state index in [2.05, 4.69) is 34.7 Å². The van der Waals surface area contributed by atoms with Gasteiger partial charge >= 0.3 is 0 Å². The van der Waals surface area contributed by atoms with E-state index in [9.17, 15) is 0 Å². The molecule has 1 aliphatic carbocycles. The lowest BCUT2D eigenvalue weighted by atomic mass is 9.87. The zero-order chi connectivity index (χ0) is 9.42. The summed E-state index contributed by atoms with van der Waals surface area (Å²) in [4.78, 5) is 0. The third-order valence-corrected chi connectivity index (χ3v) is 3.60. The Morgan fingerprint density at radius 1 is 1.38 bits per heavy atom. The minimum Gasteiger partial charge on any atom is -0.398 e. The Labute approximate surface area is 91.8 Å². The van der Waals surface area contributed by atoms with Gasteiger partial charge in [0.25, 0.3) is 0 Å². The molecule has 2 nitrogen and oxygen atoms in total. The molecule has 1 aliphatic rings. The fourth-order valence-corrected chi connectivity index (χ4v) is 2.44. The van der Waals surface area contributed by atoms with Crippen LogP contribution in [0, 0.1) is 3.57 Å². The molecule has 1 aromatic rings. The first kappa shape index (κ1) is 9.27. The number of hydrogen-bond acceptors (Lipinski definition) is 2. The van der Waals surface area contributed by atoms with Gasteiger partial charge in [-0.1, -0.05) is 6.07 Å². The van der Waals surface area contributed by atoms with Crippen LogP contribution in [0.15, 0.2) is 12.1 Å². The number of anilines is 1. The molecule has 0 spiro atoms. The number of aryl methyl sites for hydroxylation is 1. The quantitative estimate of drug-likeness (QED) is 0.568. The van der Waals surface area contributed by atoms with Crippen LogP contribution in [0.2, 0.25) is 0 Å². The Bertz CT molecular complexity index is 336. The third kappa shape index (κ3) is 1.55. The molecule has 0 unspecified atom stereocenters. The van der Waals surface area contributed by atoms with Crippen molar-refractivity contribution in [2.45, 2.75) is 25.3 Å². The molecule has 0 amide bonds. The standard InChI is InChI=1S/C10H13IN2/c11-7-5-4-6-2-1-3-8(12)9(6)10(7)13/h4-5,8H,1-3,12-13H2/t8-/m1/s1. The third-order valence-electron chi connectivity index (χ3n) is 2.66. The highest BCUT2D eigenvalue weighted by molar-refractivity contribution is 14.1. The van der Waals surface area contributed by atoms with Crippen molar-refractivity contribution in [1.82, 2.24) is 0 Å². The summed E-state index contributed by atoms with van der Waals surface area (Å²) >= 11 is 2.26. The lowest BCUT2D eigenvalue weighted by molar-refractivity contribution is 0.572. The fourth-order valence-electron chi connectivity index (χ4n) is 1.97. The molecule has 0 heterocycles. The van der Waals surface area contributed by atoms with Gasteiger partial charge in [0.05, 0.1) is 5.69 Å². The molecule has 13 heavy (non-hydrogen) atoms. The van der Waals surface area contributed by atoms with Gasteiger partial charge in [0.15, 0.2) is 0 Å². The summed E-state index contributed by atoms with van der Waals surface area (Å²) in [5, 5.41) is 0. The average molecular weight is 288 g/mol. The molecule has 0 bridgehead atoms. The number of benzene rings is 1. The van der Waals surface area contributed by atoms with Crippen LogP contribution in [0.25, 0.3) is 0 Å².